The lowest BCUT2D eigenvalue weighted by atomic mass is 10.3. The van der Waals surface area contributed by atoms with Gasteiger partial charge in [0.15, 0.2) is 0 Å². The summed E-state index contributed by atoms with van der Waals surface area (Å²) in [7, 11) is 0. The molecule has 5 heteroatoms. The minimum Gasteiger partial charge on any atom is -0.490 e. The standard InChI is InChI=1S/C12H17N3O2/c1-10(2)8-15-12(16)14-6-7-17-11-4-3-5-13-9-11/h3-5,9H,1,6-8H2,2H3,(H2,14,15,16). The van der Waals surface area contributed by atoms with E-state index >= 15 is 0 Å². The molecule has 2 amide bonds. The predicted octanol–water partition coefficient (Wildman–Crippen LogP) is 1.34. The summed E-state index contributed by atoms with van der Waals surface area (Å²) in [5.41, 5.74) is 0.909. The third-order valence-electron chi connectivity index (χ3n) is 1.84. The molecule has 0 aliphatic heterocycles. The summed E-state index contributed by atoms with van der Waals surface area (Å²) in [6, 6.07) is 3.39. The maximum Gasteiger partial charge on any atom is 0.315 e. The second-order valence-corrected chi connectivity index (χ2v) is 3.60. The molecule has 0 atom stereocenters. The molecule has 1 aromatic rings. The maximum absolute atomic E-state index is 11.2. The summed E-state index contributed by atoms with van der Waals surface area (Å²) < 4.78 is 5.36. The molecule has 92 valence electrons. The molecule has 0 aliphatic rings. The summed E-state index contributed by atoms with van der Waals surface area (Å²) in [5, 5.41) is 5.33. The molecule has 0 aromatic carbocycles. The van der Waals surface area contributed by atoms with E-state index in [1.165, 1.54) is 0 Å². The summed E-state index contributed by atoms with van der Waals surface area (Å²) in [4.78, 5) is 15.1. The van der Waals surface area contributed by atoms with Gasteiger partial charge in [-0.05, 0) is 19.1 Å². The van der Waals surface area contributed by atoms with Gasteiger partial charge in [0.05, 0.1) is 12.7 Å². The van der Waals surface area contributed by atoms with Crippen LogP contribution < -0.4 is 15.4 Å². The van der Waals surface area contributed by atoms with Crippen molar-refractivity contribution in [3.05, 3.63) is 36.7 Å². The van der Waals surface area contributed by atoms with Crippen molar-refractivity contribution < 1.29 is 9.53 Å². The Morgan fingerprint density at radius 3 is 3.00 bits per heavy atom. The molecule has 17 heavy (non-hydrogen) atoms. The number of rotatable bonds is 6. The van der Waals surface area contributed by atoms with E-state index in [0.29, 0.717) is 25.4 Å². The van der Waals surface area contributed by atoms with Gasteiger partial charge in [0.1, 0.15) is 12.4 Å². The Kier molecular flexibility index (Phi) is 5.57. The van der Waals surface area contributed by atoms with Crippen molar-refractivity contribution in [3.63, 3.8) is 0 Å². The van der Waals surface area contributed by atoms with Crippen LogP contribution in [0.15, 0.2) is 36.7 Å². The molecule has 0 saturated carbocycles. The highest BCUT2D eigenvalue weighted by Crippen LogP contribution is 2.04. The highest BCUT2D eigenvalue weighted by atomic mass is 16.5. The zero-order valence-corrected chi connectivity index (χ0v) is 9.90. The van der Waals surface area contributed by atoms with E-state index in [-0.39, 0.29) is 6.03 Å². The minimum atomic E-state index is -0.220. The van der Waals surface area contributed by atoms with Crippen molar-refractivity contribution in [3.8, 4) is 5.75 Å². The smallest absolute Gasteiger partial charge is 0.315 e. The molecule has 1 rings (SSSR count). The second kappa shape index (κ2) is 7.27. The Bertz CT molecular complexity index is 365. The second-order valence-electron chi connectivity index (χ2n) is 3.60. The monoisotopic (exact) mass is 235 g/mol. The fourth-order valence-electron chi connectivity index (χ4n) is 1.06. The van der Waals surface area contributed by atoms with Crippen LogP contribution in [0.1, 0.15) is 6.92 Å². The first-order valence-corrected chi connectivity index (χ1v) is 5.37. The van der Waals surface area contributed by atoms with Crippen molar-refractivity contribution in [2.24, 2.45) is 0 Å². The summed E-state index contributed by atoms with van der Waals surface area (Å²) in [6.45, 7) is 6.87. The molecule has 0 bridgehead atoms. The summed E-state index contributed by atoms with van der Waals surface area (Å²) >= 11 is 0. The number of nitrogens with one attached hydrogen (secondary N) is 2. The van der Waals surface area contributed by atoms with Crippen LogP contribution in [0.3, 0.4) is 0 Å². The number of amides is 2. The summed E-state index contributed by atoms with van der Waals surface area (Å²) in [6.07, 6.45) is 3.30. The molecule has 0 radical (unpaired) electrons. The molecule has 0 aliphatic carbocycles. The molecule has 5 nitrogen and oxygen atoms in total. The topological polar surface area (TPSA) is 63.2 Å². The van der Waals surface area contributed by atoms with Gasteiger partial charge in [-0.15, -0.1) is 0 Å². The molecule has 1 heterocycles. The van der Waals surface area contributed by atoms with E-state index < -0.39 is 0 Å². The van der Waals surface area contributed by atoms with Crippen LogP contribution in [0.2, 0.25) is 0 Å². The molecular formula is C12H17N3O2. The number of nitrogens with zero attached hydrogens (tertiary/aromatic N) is 1. The Morgan fingerprint density at radius 1 is 1.53 bits per heavy atom. The van der Waals surface area contributed by atoms with E-state index in [0.717, 1.165) is 5.57 Å². The zero-order chi connectivity index (χ0) is 12.5. The third kappa shape index (κ3) is 6.19. The van der Waals surface area contributed by atoms with Gasteiger partial charge in [-0.25, -0.2) is 4.79 Å². The van der Waals surface area contributed by atoms with Crippen LogP contribution >= 0.6 is 0 Å². The molecule has 0 saturated heterocycles. The molecular weight excluding hydrogens is 218 g/mol. The quantitative estimate of drug-likeness (QED) is 0.577. The third-order valence-corrected chi connectivity index (χ3v) is 1.84. The molecule has 0 spiro atoms. The number of ether oxygens (including phenoxy) is 1. The van der Waals surface area contributed by atoms with E-state index in [4.69, 9.17) is 4.74 Å². The number of carbonyl (C=O) groups excluding carboxylic acids is 1. The predicted molar refractivity (Wildman–Crippen MR) is 65.9 cm³/mol. The van der Waals surface area contributed by atoms with Gasteiger partial charge in [0.2, 0.25) is 0 Å². The first-order valence-electron chi connectivity index (χ1n) is 5.37. The fraction of sp³-hybridized carbons (Fsp3) is 0.333. The van der Waals surface area contributed by atoms with E-state index in [9.17, 15) is 4.79 Å². The van der Waals surface area contributed by atoms with Crippen molar-refractivity contribution >= 4 is 6.03 Å². The van der Waals surface area contributed by atoms with Crippen LogP contribution in [0.25, 0.3) is 0 Å². The SMILES string of the molecule is C=C(C)CNC(=O)NCCOc1cccnc1. The van der Waals surface area contributed by atoms with Crippen LogP contribution in [-0.4, -0.2) is 30.7 Å². The Morgan fingerprint density at radius 2 is 2.35 bits per heavy atom. The number of hydrogen-bond donors (Lipinski definition) is 2. The van der Waals surface area contributed by atoms with Crippen molar-refractivity contribution in [1.29, 1.82) is 0 Å². The minimum absolute atomic E-state index is 0.220. The normalized spacial score (nSPS) is 9.47. The lowest BCUT2D eigenvalue weighted by Crippen LogP contribution is -2.38. The average molecular weight is 235 g/mol. The van der Waals surface area contributed by atoms with Gasteiger partial charge in [0, 0.05) is 12.7 Å². The van der Waals surface area contributed by atoms with E-state index in [2.05, 4.69) is 22.2 Å². The lowest BCUT2D eigenvalue weighted by Gasteiger charge is -2.08. The van der Waals surface area contributed by atoms with Gasteiger partial charge in [-0.2, -0.15) is 0 Å². The van der Waals surface area contributed by atoms with Crippen LogP contribution in [0.4, 0.5) is 4.79 Å². The molecule has 0 unspecified atom stereocenters. The van der Waals surface area contributed by atoms with Gasteiger partial charge in [0.25, 0.3) is 0 Å². The molecule has 1 aromatic heterocycles. The van der Waals surface area contributed by atoms with E-state index in [1.54, 1.807) is 18.5 Å². The van der Waals surface area contributed by atoms with Gasteiger partial charge in [-0.3, -0.25) is 4.98 Å². The van der Waals surface area contributed by atoms with Crippen molar-refractivity contribution in [1.82, 2.24) is 15.6 Å². The van der Waals surface area contributed by atoms with Gasteiger partial charge in [-0.1, -0.05) is 12.2 Å². The number of carbonyl (C=O) groups is 1. The van der Waals surface area contributed by atoms with Crippen LogP contribution in [0, 0.1) is 0 Å². The highest BCUT2D eigenvalue weighted by molar-refractivity contribution is 5.74. The van der Waals surface area contributed by atoms with Gasteiger partial charge >= 0.3 is 6.03 Å². The molecule has 2 N–H and O–H groups in total. The largest absolute Gasteiger partial charge is 0.490 e. The van der Waals surface area contributed by atoms with Crippen LogP contribution in [0.5, 0.6) is 5.75 Å². The zero-order valence-electron chi connectivity index (χ0n) is 9.90. The Balaban J connectivity index is 2.08. The first kappa shape index (κ1) is 13.0. The first-order chi connectivity index (χ1) is 8.18. The highest BCUT2D eigenvalue weighted by Gasteiger charge is 1.98. The number of urea groups is 1. The number of pyridine rings is 1. The maximum atomic E-state index is 11.2. The lowest BCUT2D eigenvalue weighted by molar-refractivity contribution is 0.237. The van der Waals surface area contributed by atoms with Crippen LogP contribution in [-0.2, 0) is 0 Å². The Hall–Kier alpha value is -2.04. The van der Waals surface area contributed by atoms with Crippen molar-refractivity contribution in [2.45, 2.75) is 6.92 Å². The fourth-order valence-corrected chi connectivity index (χ4v) is 1.06. The summed E-state index contributed by atoms with van der Waals surface area (Å²) in [5.74, 6) is 0.691. The average Bonchev–Trinajstić information content (AvgIpc) is 2.33. The molecule has 0 fully saturated rings. The Labute approximate surface area is 101 Å². The number of hydrogen-bond acceptors (Lipinski definition) is 3. The van der Waals surface area contributed by atoms with Gasteiger partial charge < -0.3 is 15.4 Å². The van der Waals surface area contributed by atoms with E-state index in [1.807, 2.05) is 13.0 Å². The van der Waals surface area contributed by atoms with Crippen molar-refractivity contribution in [2.75, 3.05) is 19.7 Å². The number of aromatic nitrogens is 1.